The summed E-state index contributed by atoms with van der Waals surface area (Å²) in [6.07, 6.45) is 5.53. The number of rotatable bonds is 2. The molecule has 2 heteroatoms. The van der Waals surface area contributed by atoms with Gasteiger partial charge in [-0.3, -0.25) is 4.90 Å². The Morgan fingerprint density at radius 2 is 1.84 bits per heavy atom. The number of hydrogen-bond donors (Lipinski definition) is 1. The third-order valence-electron chi connectivity index (χ3n) is 5.06. The average Bonchev–Trinajstić information content (AvgIpc) is 2.88. The second-order valence-corrected chi connectivity index (χ2v) is 6.59. The molecule has 1 aliphatic heterocycles. The molecular weight excluding hydrogens is 232 g/mol. The molecule has 3 rings (SSSR count). The predicted molar refractivity (Wildman–Crippen MR) is 80.2 cm³/mol. The van der Waals surface area contributed by atoms with E-state index in [0.29, 0.717) is 17.6 Å². The highest BCUT2D eigenvalue weighted by Crippen LogP contribution is 2.40. The molecule has 2 aliphatic rings. The normalized spacial score (nSPS) is 31.5. The van der Waals surface area contributed by atoms with Gasteiger partial charge in [-0.2, -0.15) is 0 Å². The Morgan fingerprint density at radius 1 is 1.16 bits per heavy atom. The molecule has 0 bridgehead atoms. The number of nitrogens with zero attached hydrogens (tertiary/aromatic N) is 1. The Kier molecular flexibility index (Phi) is 3.64. The lowest BCUT2D eigenvalue weighted by Crippen LogP contribution is -2.58. The van der Waals surface area contributed by atoms with Crippen LogP contribution in [0.3, 0.4) is 0 Å². The summed E-state index contributed by atoms with van der Waals surface area (Å²) in [5.74, 6) is 0. The van der Waals surface area contributed by atoms with Gasteiger partial charge in [0.15, 0.2) is 0 Å². The van der Waals surface area contributed by atoms with Gasteiger partial charge in [0, 0.05) is 30.7 Å². The van der Waals surface area contributed by atoms with Crippen LogP contribution in [0, 0.1) is 0 Å². The van der Waals surface area contributed by atoms with Crippen LogP contribution in [-0.4, -0.2) is 29.6 Å². The van der Waals surface area contributed by atoms with Gasteiger partial charge in [0.05, 0.1) is 0 Å². The highest BCUT2D eigenvalue weighted by atomic mass is 15.3. The largest absolute Gasteiger partial charge is 0.311 e. The fourth-order valence-corrected chi connectivity index (χ4v) is 3.90. The summed E-state index contributed by atoms with van der Waals surface area (Å²) in [6, 6.07) is 12.2. The first-order chi connectivity index (χ1) is 9.19. The van der Waals surface area contributed by atoms with Crippen molar-refractivity contribution in [1.29, 1.82) is 0 Å². The van der Waals surface area contributed by atoms with E-state index < -0.39 is 0 Å². The summed E-state index contributed by atoms with van der Waals surface area (Å²) in [5.41, 5.74) is 1.88. The molecule has 1 heterocycles. The molecule has 19 heavy (non-hydrogen) atoms. The van der Waals surface area contributed by atoms with Crippen LogP contribution in [0.15, 0.2) is 30.3 Å². The van der Waals surface area contributed by atoms with Crippen molar-refractivity contribution >= 4 is 0 Å². The van der Waals surface area contributed by atoms with E-state index >= 15 is 0 Å². The fraction of sp³-hybridized carbons (Fsp3) is 0.647. The van der Waals surface area contributed by atoms with Gasteiger partial charge < -0.3 is 5.32 Å². The van der Waals surface area contributed by atoms with E-state index in [1.807, 2.05) is 0 Å². The molecular formula is C17H26N2. The Balaban J connectivity index is 1.88. The molecule has 1 saturated heterocycles. The fourth-order valence-electron chi connectivity index (χ4n) is 3.90. The first-order valence-corrected chi connectivity index (χ1v) is 7.74. The molecule has 2 unspecified atom stereocenters. The molecule has 2 fully saturated rings. The van der Waals surface area contributed by atoms with E-state index in [9.17, 15) is 0 Å². The third kappa shape index (κ3) is 2.56. The quantitative estimate of drug-likeness (QED) is 0.875. The molecule has 0 spiro atoms. The summed E-state index contributed by atoms with van der Waals surface area (Å²) in [4.78, 5) is 2.79. The summed E-state index contributed by atoms with van der Waals surface area (Å²) in [7, 11) is 0. The number of nitrogens with one attached hydrogen (secondary N) is 1. The van der Waals surface area contributed by atoms with Crippen molar-refractivity contribution < 1.29 is 0 Å². The summed E-state index contributed by atoms with van der Waals surface area (Å²) >= 11 is 0. The molecule has 1 saturated carbocycles. The van der Waals surface area contributed by atoms with Crippen molar-refractivity contribution in [2.45, 2.75) is 57.2 Å². The minimum Gasteiger partial charge on any atom is -0.311 e. The Labute approximate surface area is 117 Å². The van der Waals surface area contributed by atoms with Gasteiger partial charge in [-0.1, -0.05) is 43.2 Å². The minimum absolute atomic E-state index is 0.414. The third-order valence-corrected chi connectivity index (χ3v) is 5.06. The van der Waals surface area contributed by atoms with E-state index in [1.165, 1.54) is 37.8 Å². The Morgan fingerprint density at radius 3 is 2.53 bits per heavy atom. The van der Waals surface area contributed by atoms with Crippen molar-refractivity contribution in [2.24, 2.45) is 0 Å². The standard InChI is InChI=1S/C17H26N2/c1-14-13-19(17(2)10-6-7-11-17)16(12-18-14)15-8-4-3-5-9-15/h3-5,8-9,14,16,18H,6-7,10-13H2,1-2H3. The zero-order chi connectivity index (χ0) is 13.3. The molecule has 0 amide bonds. The molecule has 2 atom stereocenters. The lowest BCUT2D eigenvalue weighted by Gasteiger charge is -2.49. The smallest absolute Gasteiger partial charge is 0.0478 e. The van der Waals surface area contributed by atoms with Crippen LogP contribution in [0.1, 0.15) is 51.1 Å². The molecule has 1 aromatic rings. The van der Waals surface area contributed by atoms with Gasteiger partial charge in [-0.05, 0) is 32.3 Å². The summed E-state index contributed by atoms with van der Waals surface area (Å²) in [5, 5.41) is 3.66. The van der Waals surface area contributed by atoms with Crippen LogP contribution in [0.25, 0.3) is 0 Å². The van der Waals surface area contributed by atoms with Crippen LogP contribution in [0.4, 0.5) is 0 Å². The van der Waals surface area contributed by atoms with Gasteiger partial charge in [-0.25, -0.2) is 0 Å². The Bertz CT molecular complexity index is 409. The van der Waals surface area contributed by atoms with Gasteiger partial charge in [0.25, 0.3) is 0 Å². The van der Waals surface area contributed by atoms with Crippen LogP contribution in [-0.2, 0) is 0 Å². The van der Waals surface area contributed by atoms with Gasteiger partial charge in [0.2, 0.25) is 0 Å². The van der Waals surface area contributed by atoms with Crippen molar-refractivity contribution in [3.63, 3.8) is 0 Å². The summed E-state index contributed by atoms with van der Waals surface area (Å²) in [6.45, 7) is 7.05. The van der Waals surface area contributed by atoms with Crippen LogP contribution in [0.5, 0.6) is 0 Å². The van der Waals surface area contributed by atoms with E-state index in [0.717, 1.165) is 6.54 Å². The van der Waals surface area contributed by atoms with Gasteiger partial charge in [-0.15, -0.1) is 0 Å². The molecule has 1 aromatic carbocycles. The molecule has 0 radical (unpaired) electrons. The number of benzene rings is 1. The van der Waals surface area contributed by atoms with Gasteiger partial charge >= 0.3 is 0 Å². The first kappa shape index (κ1) is 13.1. The van der Waals surface area contributed by atoms with E-state index in [2.05, 4.69) is 54.4 Å². The van der Waals surface area contributed by atoms with Crippen molar-refractivity contribution in [3.05, 3.63) is 35.9 Å². The maximum Gasteiger partial charge on any atom is 0.0478 e. The van der Waals surface area contributed by atoms with E-state index in [4.69, 9.17) is 0 Å². The van der Waals surface area contributed by atoms with Crippen LogP contribution < -0.4 is 5.32 Å². The van der Waals surface area contributed by atoms with E-state index in [-0.39, 0.29) is 0 Å². The van der Waals surface area contributed by atoms with Crippen molar-refractivity contribution in [2.75, 3.05) is 13.1 Å². The topological polar surface area (TPSA) is 15.3 Å². The van der Waals surface area contributed by atoms with Crippen molar-refractivity contribution in [1.82, 2.24) is 10.2 Å². The molecule has 1 aliphatic carbocycles. The second kappa shape index (κ2) is 5.26. The maximum atomic E-state index is 3.66. The minimum atomic E-state index is 0.414. The zero-order valence-electron chi connectivity index (χ0n) is 12.2. The average molecular weight is 258 g/mol. The number of piperazine rings is 1. The molecule has 0 aromatic heterocycles. The molecule has 104 valence electrons. The maximum absolute atomic E-state index is 3.66. The molecule has 1 N–H and O–H groups in total. The Hall–Kier alpha value is -0.860. The zero-order valence-corrected chi connectivity index (χ0v) is 12.2. The van der Waals surface area contributed by atoms with Crippen LogP contribution in [0.2, 0.25) is 0 Å². The summed E-state index contributed by atoms with van der Waals surface area (Å²) < 4.78 is 0. The van der Waals surface area contributed by atoms with Crippen molar-refractivity contribution in [3.8, 4) is 0 Å². The lowest BCUT2D eigenvalue weighted by atomic mass is 9.90. The van der Waals surface area contributed by atoms with E-state index in [1.54, 1.807) is 0 Å². The van der Waals surface area contributed by atoms with Gasteiger partial charge in [0.1, 0.15) is 0 Å². The molecule has 2 nitrogen and oxygen atoms in total. The van der Waals surface area contributed by atoms with Crippen LogP contribution >= 0.6 is 0 Å². The number of hydrogen-bond acceptors (Lipinski definition) is 2. The highest BCUT2D eigenvalue weighted by molar-refractivity contribution is 5.21. The highest BCUT2D eigenvalue weighted by Gasteiger charge is 2.41. The second-order valence-electron chi connectivity index (χ2n) is 6.59. The first-order valence-electron chi connectivity index (χ1n) is 7.74. The lowest BCUT2D eigenvalue weighted by molar-refractivity contribution is 0.0251. The SMILES string of the molecule is CC1CN(C2(C)CCCC2)C(c2ccccc2)CN1. The monoisotopic (exact) mass is 258 g/mol. The predicted octanol–water partition coefficient (Wildman–Crippen LogP) is 3.35.